The second-order valence-corrected chi connectivity index (χ2v) is 4.20. The van der Waals surface area contributed by atoms with E-state index in [-0.39, 0.29) is 18.2 Å². The van der Waals surface area contributed by atoms with Crippen molar-refractivity contribution in [3.63, 3.8) is 0 Å². The van der Waals surface area contributed by atoms with Gasteiger partial charge in [0.25, 0.3) is 0 Å². The zero-order valence-electron chi connectivity index (χ0n) is 9.13. The van der Waals surface area contributed by atoms with Crippen LogP contribution in [0.25, 0.3) is 0 Å². The molecule has 0 heterocycles. The molecular formula is C13H16O3. The van der Waals surface area contributed by atoms with Crippen LogP contribution in [0.1, 0.15) is 36.0 Å². The van der Waals surface area contributed by atoms with E-state index in [0.717, 1.165) is 25.7 Å². The van der Waals surface area contributed by atoms with Gasteiger partial charge in [-0.25, -0.2) is 4.79 Å². The predicted octanol–water partition coefficient (Wildman–Crippen LogP) is 2.15. The fourth-order valence-electron chi connectivity index (χ4n) is 1.96. The van der Waals surface area contributed by atoms with E-state index in [1.807, 2.05) is 18.2 Å². The van der Waals surface area contributed by atoms with E-state index in [1.54, 1.807) is 12.1 Å². The summed E-state index contributed by atoms with van der Waals surface area (Å²) in [6, 6.07) is 9.01. The molecule has 1 aliphatic carbocycles. The lowest BCUT2D eigenvalue weighted by Crippen LogP contribution is -2.26. The van der Waals surface area contributed by atoms with E-state index in [2.05, 4.69) is 0 Å². The summed E-state index contributed by atoms with van der Waals surface area (Å²) in [6.45, 7) is 0. The Morgan fingerprint density at radius 3 is 2.38 bits per heavy atom. The molecule has 0 unspecified atom stereocenters. The van der Waals surface area contributed by atoms with Crippen molar-refractivity contribution in [3.05, 3.63) is 35.9 Å². The SMILES string of the molecule is O=C(O[C@H]1CC[C@@H](O)CC1)c1ccccc1. The first-order chi connectivity index (χ1) is 7.75. The van der Waals surface area contributed by atoms with Gasteiger partial charge in [0, 0.05) is 0 Å². The smallest absolute Gasteiger partial charge is 0.338 e. The standard InChI is InChI=1S/C13H16O3/c14-11-6-8-12(9-7-11)16-13(15)10-4-2-1-3-5-10/h1-5,11-12,14H,6-9H2/t11-,12+. The van der Waals surface area contributed by atoms with Gasteiger partial charge in [0.15, 0.2) is 0 Å². The summed E-state index contributed by atoms with van der Waals surface area (Å²) in [7, 11) is 0. The van der Waals surface area contributed by atoms with E-state index in [9.17, 15) is 9.90 Å². The molecule has 16 heavy (non-hydrogen) atoms. The highest BCUT2D eigenvalue weighted by molar-refractivity contribution is 5.89. The van der Waals surface area contributed by atoms with Gasteiger partial charge < -0.3 is 9.84 Å². The van der Waals surface area contributed by atoms with E-state index < -0.39 is 0 Å². The average molecular weight is 220 g/mol. The molecule has 0 atom stereocenters. The van der Waals surface area contributed by atoms with Gasteiger partial charge in [-0.3, -0.25) is 0 Å². The molecule has 1 aromatic carbocycles. The molecule has 3 heteroatoms. The molecule has 0 spiro atoms. The van der Waals surface area contributed by atoms with Gasteiger partial charge in [-0.1, -0.05) is 18.2 Å². The quantitative estimate of drug-likeness (QED) is 0.777. The molecule has 1 aromatic rings. The summed E-state index contributed by atoms with van der Waals surface area (Å²) in [6.07, 6.45) is 2.74. The minimum atomic E-state index is -0.262. The Morgan fingerprint density at radius 1 is 1.12 bits per heavy atom. The number of aliphatic hydroxyl groups is 1. The van der Waals surface area contributed by atoms with Gasteiger partial charge in [0.2, 0.25) is 0 Å². The lowest BCUT2D eigenvalue weighted by Gasteiger charge is -2.25. The number of aliphatic hydroxyl groups excluding tert-OH is 1. The molecule has 3 nitrogen and oxygen atoms in total. The Hall–Kier alpha value is -1.35. The first kappa shape index (κ1) is 11.1. The third-order valence-electron chi connectivity index (χ3n) is 2.93. The maximum atomic E-state index is 11.7. The molecule has 2 rings (SSSR count). The van der Waals surface area contributed by atoms with Crippen LogP contribution in [0.4, 0.5) is 0 Å². The molecule has 1 aliphatic rings. The fraction of sp³-hybridized carbons (Fsp3) is 0.462. The first-order valence-electron chi connectivity index (χ1n) is 5.70. The van der Waals surface area contributed by atoms with Crippen LogP contribution in [0.3, 0.4) is 0 Å². The van der Waals surface area contributed by atoms with Gasteiger partial charge in [-0.2, -0.15) is 0 Å². The second kappa shape index (κ2) is 5.12. The molecule has 1 saturated carbocycles. The van der Waals surface area contributed by atoms with E-state index in [1.165, 1.54) is 0 Å². The van der Waals surface area contributed by atoms with Crippen molar-refractivity contribution in [1.29, 1.82) is 0 Å². The van der Waals surface area contributed by atoms with Gasteiger partial charge in [0.1, 0.15) is 6.10 Å². The van der Waals surface area contributed by atoms with Crippen LogP contribution >= 0.6 is 0 Å². The second-order valence-electron chi connectivity index (χ2n) is 4.20. The van der Waals surface area contributed by atoms with Crippen LogP contribution in [0.2, 0.25) is 0 Å². The maximum absolute atomic E-state index is 11.7. The van der Waals surface area contributed by atoms with Crippen LogP contribution in [0, 0.1) is 0 Å². The fourth-order valence-corrected chi connectivity index (χ4v) is 1.96. The van der Waals surface area contributed by atoms with Crippen molar-refractivity contribution < 1.29 is 14.6 Å². The van der Waals surface area contributed by atoms with Crippen LogP contribution in [0.15, 0.2) is 30.3 Å². The molecule has 0 saturated heterocycles. The lowest BCUT2D eigenvalue weighted by atomic mass is 9.95. The number of hydrogen-bond donors (Lipinski definition) is 1. The summed E-state index contributed by atoms with van der Waals surface area (Å²) in [5.41, 5.74) is 0.591. The van der Waals surface area contributed by atoms with Crippen LogP contribution in [-0.2, 0) is 4.74 Å². The summed E-state index contributed by atoms with van der Waals surface area (Å²) >= 11 is 0. The van der Waals surface area contributed by atoms with Crippen molar-refractivity contribution in [2.75, 3.05) is 0 Å². The molecule has 1 fully saturated rings. The van der Waals surface area contributed by atoms with E-state index >= 15 is 0 Å². The average Bonchev–Trinajstić information content (AvgIpc) is 2.33. The number of carbonyl (C=O) groups is 1. The topological polar surface area (TPSA) is 46.5 Å². The van der Waals surface area contributed by atoms with Gasteiger partial charge >= 0.3 is 5.97 Å². The highest BCUT2D eigenvalue weighted by atomic mass is 16.5. The highest BCUT2D eigenvalue weighted by Crippen LogP contribution is 2.21. The minimum absolute atomic E-state index is 0.0314. The van der Waals surface area contributed by atoms with Gasteiger partial charge in [0.05, 0.1) is 11.7 Å². The number of esters is 1. The van der Waals surface area contributed by atoms with Gasteiger partial charge in [-0.15, -0.1) is 0 Å². The Labute approximate surface area is 95.0 Å². The third-order valence-corrected chi connectivity index (χ3v) is 2.93. The number of benzene rings is 1. The maximum Gasteiger partial charge on any atom is 0.338 e. The molecule has 0 aromatic heterocycles. The normalized spacial score (nSPS) is 25.1. The molecule has 0 radical (unpaired) electrons. The molecule has 0 aliphatic heterocycles. The number of ether oxygens (including phenoxy) is 1. The molecule has 86 valence electrons. The van der Waals surface area contributed by atoms with E-state index in [4.69, 9.17) is 4.74 Å². The van der Waals surface area contributed by atoms with Crippen molar-refractivity contribution >= 4 is 5.97 Å². The molecule has 1 N–H and O–H groups in total. The van der Waals surface area contributed by atoms with Crippen LogP contribution in [0.5, 0.6) is 0 Å². The highest BCUT2D eigenvalue weighted by Gasteiger charge is 2.22. The predicted molar refractivity (Wildman–Crippen MR) is 60.1 cm³/mol. The Bertz CT molecular complexity index is 339. The summed E-state index contributed by atoms with van der Waals surface area (Å²) in [5.74, 6) is -0.262. The van der Waals surface area contributed by atoms with Crippen molar-refractivity contribution in [3.8, 4) is 0 Å². The summed E-state index contributed by atoms with van der Waals surface area (Å²) in [5, 5.41) is 9.34. The van der Waals surface area contributed by atoms with Crippen molar-refractivity contribution in [1.82, 2.24) is 0 Å². The zero-order chi connectivity index (χ0) is 11.4. The largest absolute Gasteiger partial charge is 0.459 e. The first-order valence-corrected chi connectivity index (χ1v) is 5.70. The molecule has 0 amide bonds. The van der Waals surface area contributed by atoms with Crippen molar-refractivity contribution in [2.45, 2.75) is 37.9 Å². The van der Waals surface area contributed by atoms with Crippen molar-refractivity contribution in [2.24, 2.45) is 0 Å². The summed E-state index contributed by atoms with van der Waals surface area (Å²) in [4.78, 5) is 11.7. The van der Waals surface area contributed by atoms with Gasteiger partial charge in [-0.05, 0) is 37.8 Å². The Kier molecular flexibility index (Phi) is 3.57. The van der Waals surface area contributed by atoms with E-state index in [0.29, 0.717) is 5.56 Å². The Balaban J connectivity index is 1.88. The Morgan fingerprint density at radius 2 is 1.75 bits per heavy atom. The minimum Gasteiger partial charge on any atom is -0.459 e. The van der Waals surface area contributed by atoms with Crippen LogP contribution in [-0.4, -0.2) is 23.3 Å². The van der Waals surface area contributed by atoms with Crippen LogP contribution < -0.4 is 0 Å². The monoisotopic (exact) mass is 220 g/mol. The number of rotatable bonds is 2. The zero-order valence-corrected chi connectivity index (χ0v) is 9.13. The number of hydrogen-bond acceptors (Lipinski definition) is 3. The third kappa shape index (κ3) is 2.83. The summed E-state index contributed by atoms with van der Waals surface area (Å²) < 4.78 is 5.38. The molecular weight excluding hydrogens is 204 g/mol. The molecule has 0 bridgehead atoms. The number of carbonyl (C=O) groups excluding carboxylic acids is 1. The lowest BCUT2D eigenvalue weighted by molar-refractivity contribution is 0.00460.